The number of carbonyl (C=O) groups is 1. The molecule has 1 atom stereocenters. The number of esters is 1. The summed E-state index contributed by atoms with van der Waals surface area (Å²) in [6.45, 7) is 3.35. The van der Waals surface area contributed by atoms with Crippen LogP contribution >= 0.6 is 11.3 Å². The average molecular weight is 277 g/mol. The molecule has 0 aliphatic heterocycles. The second-order valence-corrected chi connectivity index (χ2v) is 7.01. The molecule has 7 heteroatoms. The summed E-state index contributed by atoms with van der Waals surface area (Å²) in [5.74, 6) is -1.50. The smallest absolute Gasteiger partial charge is 0.309 e. The van der Waals surface area contributed by atoms with Crippen LogP contribution in [0.15, 0.2) is 5.38 Å². The number of rotatable bonds is 5. The van der Waals surface area contributed by atoms with E-state index in [1.54, 1.807) is 5.38 Å². The molecular formula is C10H15NO4S2. The third kappa shape index (κ3) is 4.43. The summed E-state index contributed by atoms with van der Waals surface area (Å²) in [5.41, 5.74) is 0.532. The van der Waals surface area contributed by atoms with Crippen molar-refractivity contribution in [3.05, 3.63) is 16.1 Å². The number of aromatic nitrogens is 1. The molecule has 0 aliphatic rings. The number of nitrogens with zero attached hydrogens (tertiary/aromatic N) is 1. The molecule has 1 aromatic heterocycles. The topological polar surface area (TPSA) is 73.3 Å². The maximum absolute atomic E-state index is 11.8. The monoisotopic (exact) mass is 277 g/mol. The lowest BCUT2D eigenvalue weighted by molar-refractivity contribution is -0.144. The zero-order chi connectivity index (χ0) is 13.1. The lowest BCUT2D eigenvalue weighted by Crippen LogP contribution is -2.23. The van der Waals surface area contributed by atoms with Crippen molar-refractivity contribution >= 4 is 27.1 Å². The number of ether oxygens (including phenoxy) is 1. The first-order chi connectivity index (χ1) is 7.84. The van der Waals surface area contributed by atoms with Crippen molar-refractivity contribution in [2.24, 2.45) is 5.92 Å². The molecule has 5 nitrogen and oxygen atoms in total. The van der Waals surface area contributed by atoms with Crippen LogP contribution in [0, 0.1) is 12.8 Å². The van der Waals surface area contributed by atoms with Crippen molar-refractivity contribution in [1.29, 1.82) is 0 Å². The number of hydrogen-bond acceptors (Lipinski definition) is 6. The van der Waals surface area contributed by atoms with Gasteiger partial charge in [-0.3, -0.25) is 4.79 Å². The molecule has 1 rings (SSSR count). The van der Waals surface area contributed by atoms with Crippen LogP contribution in [0.2, 0.25) is 0 Å². The van der Waals surface area contributed by atoms with Crippen molar-refractivity contribution in [2.45, 2.75) is 19.6 Å². The Kier molecular flexibility index (Phi) is 4.64. The minimum atomic E-state index is -3.33. The second-order valence-electron chi connectivity index (χ2n) is 3.84. The van der Waals surface area contributed by atoms with Crippen molar-refractivity contribution in [2.75, 3.05) is 12.9 Å². The maximum atomic E-state index is 11.8. The van der Waals surface area contributed by atoms with Gasteiger partial charge in [0.25, 0.3) is 0 Å². The third-order valence-electron chi connectivity index (χ3n) is 2.14. The van der Waals surface area contributed by atoms with Gasteiger partial charge in [-0.25, -0.2) is 13.4 Å². The van der Waals surface area contributed by atoms with Gasteiger partial charge in [0, 0.05) is 5.38 Å². The Labute approximate surface area is 105 Å². The van der Waals surface area contributed by atoms with Crippen molar-refractivity contribution in [3.8, 4) is 0 Å². The fourth-order valence-electron chi connectivity index (χ4n) is 1.41. The van der Waals surface area contributed by atoms with Crippen molar-refractivity contribution in [1.82, 2.24) is 4.98 Å². The van der Waals surface area contributed by atoms with E-state index in [-0.39, 0.29) is 11.5 Å². The van der Waals surface area contributed by atoms with Crippen LogP contribution in [0.5, 0.6) is 0 Å². The van der Waals surface area contributed by atoms with E-state index in [1.807, 2.05) is 6.92 Å². The first kappa shape index (κ1) is 14.1. The number of carbonyl (C=O) groups excluding carboxylic acids is 1. The van der Waals surface area contributed by atoms with Crippen LogP contribution in [0.4, 0.5) is 0 Å². The SMILES string of the molecule is COC(=O)C(C)CS(=O)(=O)Cc1csc(C)n1. The molecule has 17 heavy (non-hydrogen) atoms. The quantitative estimate of drug-likeness (QED) is 0.755. The zero-order valence-corrected chi connectivity index (χ0v) is 11.6. The molecule has 1 heterocycles. The summed E-state index contributed by atoms with van der Waals surface area (Å²) in [5, 5.41) is 2.55. The van der Waals surface area contributed by atoms with Gasteiger partial charge < -0.3 is 4.74 Å². The standard InChI is InChI=1S/C10H15NO4S2/c1-7(10(12)15-3)5-17(13,14)6-9-4-16-8(2)11-9/h4,7H,5-6H2,1-3H3. The highest BCUT2D eigenvalue weighted by atomic mass is 32.2. The second kappa shape index (κ2) is 5.59. The van der Waals surface area contributed by atoms with Gasteiger partial charge in [0.2, 0.25) is 0 Å². The van der Waals surface area contributed by atoms with Gasteiger partial charge in [-0.2, -0.15) is 0 Å². The van der Waals surface area contributed by atoms with Gasteiger partial charge in [-0.05, 0) is 6.92 Å². The summed E-state index contributed by atoms with van der Waals surface area (Å²) >= 11 is 1.41. The van der Waals surface area contributed by atoms with E-state index < -0.39 is 21.7 Å². The molecule has 0 amide bonds. The minimum Gasteiger partial charge on any atom is -0.469 e. The highest BCUT2D eigenvalue weighted by Crippen LogP contribution is 2.13. The molecule has 0 spiro atoms. The van der Waals surface area contributed by atoms with Crippen molar-refractivity contribution < 1.29 is 17.9 Å². The summed E-state index contributed by atoms with van der Waals surface area (Å²) in [4.78, 5) is 15.2. The van der Waals surface area contributed by atoms with Crippen LogP contribution in [-0.4, -0.2) is 32.2 Å². The molecule has 1 unspecified atom stereocenters. The Balaban J connectivity index is 2.66. The van der Waals surface area contributed by atoms with E-state index in [0.717, 1.165) is 5.01 Å². The lowest BCUT2D eigenvalue weighted by atomic mass is 10.2. The first-order valence-corrected chi connectivity index (χ1v) is 7.73. The zero-order valence-electron chi connectivity index (χ0n) is 9.97. The number of hydrogen-bond donors (Lipinski definition) is 0. The Morgan fingerprint density at radius 1 is 1.59 bits per heavy atom. The molecule has 0 bridgehead atoms. The molecular weight excluding hydrogens is 262 g/mol. The fraction of sp³-hybridized carbons (Fsp3) is 0.600. The fourth-order valence-corrected chi connectivity index (χ4v) is 3.74. The van der Waals surface area contributed by atoms with Crippen LogP contribution in [0.25, 0.3) is 0 Å². The van der Waals surface area contributed by atoms with Crippen LogP contribution in [-0.2, 0) is 25.1 Å². The number of aryl methyl sites for hydroxylation is 1. The summed E-state index contributed by atoms with van der Waals surface area (Å²) < 4.78 is 28.1. The van der Waals surface area contributed by atoms with Gasteiger partial charge >= 0.3 is 5.97 Å². The lowest BCUT2D eigenvalue weighted by Gasteiger charge is -2.08. The van der Waals surface area contributed by atoms with Gasteiger partial charge in [0.05, 0.1) is 35.2 Å². The van der Waals surface area contributed by atoms with Crippen LogP contribution in [0.3, 0.4) is 0 Å². The highest BCUT2D eigenvalue weighted by Gasteiger charge is 2.23. The molecule has 0 saturated carbocycles. The molecule has 0 aliphatic carbocycles. The largest absolute Gasteiger partial charge is 0.469 e. The van der Waals surface area contributed by atoms with Crippen LogP contribution < -0.4 is 0 Å². The van der Waals surface area contributed by atoms with Gasteiger partial charge in [-0.1, -0.05) is 6.92 Å². The Morgan fingerprint density at radius 3 is 2.71 bits per heavy atom. The third-order valence-corrected chi connectivity index (χ3v) is 4.71. The number of thiazole rings is 1. The summed E-state index contributed by atoms with van der Waals surface area (Å²) in [7, 11) is -2.09. The Morgan fingerprint density at radius 2 is 2.24 bits per heavy atom. The van der Waals surface area contributed by atoms with E-state index in [4.69, 9.17) is 0 Å². The molecule has 0 radical (unpaired) electrons. The number of methoxy groups -OCH3 is 1. The maximum Gasteiger partial charge on any atom is 0.309 e. The normalized spacial score (nSPS) is 13.4. The molecule has 0 N–H and O–H groups in total. The minimum absolute atomic E-state index is 0.126. The van der Waals surface area contributed by atoms with Gasteiger partial charge in [-0.15, -0.1) is 11.3 Å². The Hall–Kier alpha value is -0.950. The van der Waals surface area contributed by atoms with E-state index in [0.29, 0.717) is 5.69 Å². The summed E-state index contributed by atoms with van der Waals surface area (Å²) in [6, 6.07) is 0. The predicted octanol–water partition coefficient (Wildman–Crippen LogP) is 1.18. The average Bonchev–Trinajstić information content (AvgIpc) is 2.60. The number of sulfone groups is 1. The first-order valence-electron chi connectivity index (χ1n) is 5.03. The molecule has 0 fully saturated rings. The predicted molar refractivity (Wildman–Crippen MR) is 65.5 cm³/mol. The van der Waals surface area contributed by atoms with E-state index in [2.05, 4.69) is 9.72 Å². The molecule has 1 aromatic rings. The summed E-state index contributed by atoms with van der Waals surface area (Å²) in [6.07, 6.45) is 0. The van der Waals surface area contributed by atoms with Crippen LogP contribution in [0.1, 0.15) is 17.6 Å². The van der Waals surface area contributed by atoms with E-state index in [9.17, 15) is 13.2 Å². The van der Waals surface area contributed by atoms with E-state index >= 15 is 0 Å². The van der Waals surface area contributed by atoms with Gasteiger partial charge in [0.1, 0.15) is 0 Å². The molecule has 0 saturated heterocycles. The van der Waals surface area contributed by atoms with Gasteiger partial charge in [0.15, 0.2) is 9.84 Å². The highest BCUT2D eigenvalue weighted by molar-refractivity contribution is 7.90. The molecule has 96 valence electrons. The van der Waals surface area contributed by atoms with E-state index in [1.165, 1.54) is 25.4 Å². The Bertz CT molecular complexity index is 492. The molecule has 0 aromatic carbocycles. The van der Waals surface area contributed by atoms with Crippen molar-refractivity contribution in [3.63, 3.8) is 0 Å².